The normalized spacial score (nSPS) is 22.5. The molecule has 1 aliphatic heterocycles. The molecular weight excluding hydrogens is 351 g/mol. The predicted molar refractivity (Wildman–Crippen MR) is 89.2 cm³/mol. The highest BCUT2D eigenvalue weighted by Gasteiger charge is 2.30. The molecule has 3 unspecified atom stereocenters. The average molecular weight is 369 g/mol. The molecule has 1 aromatic carbocycles. The smallest absolute Gasteiger partial charge is 0.341 e. The number of hydrogen-bond donors (Lipinski definition) is 2. The molecule has 1 amide bonds. The molecule has 1 saturated heterocycles. The van der Waals surface area contributed by atoms with E-state index >= 15 is 0 Å². The van der Waals surface area contributed by atoms with Crippen molar-refractivity contribution in [3.8, 4) is 0 Å². The van der Waals surface area contributed by atoms with Crippen LogP contribution in [0.3, 0.4) is 0 Å². The molecule has 8 heteroatoms. The van der Waals surface area contributed by atoms with Crippen LogP contribution in [0.1, 0.15) is 54.1 Å². The zero-order valence-corrected chi connectivity index (χ0v) is 14.5. The van der Waals surface area contributed by atoms with Gasteiger partial charge in [0, 0.05) is 17.7 Å². The Labute approximate surface area is 147 Å². The molecule has 0 saturated carbocycles. The molecule has 0 spiro atoms. The number of alkyl halides is 3. The van der Waals surface area contributed by atoms with Crippen molar-refractivity contribution < 1.29 is 18.0 Å². The van der Waals surface area contributed by atoms with Crippen LogP contribution in [0.15, 0.2) is 29.6 Å². The fourth-order valence-corrected chi connectivity index (χ4v) is 3.81. The molecule has 2 aromatic rings. The van der Waals surface area contributed by atoms with Gasteiger partial charge in [-0.3, -0.25) is 10.1 Å². The van der Waals surface area contributed by atoms with E-state index in [1.807, 2.05) is 19.2 Å². The van der Waals surface area contributed by atoms with E-state index in [4.69, 9.17) is 0 Å². The van der Waals surface area contributed by atoms with Crippen LogP contribution in [0.2, 0.25) is 0 Å². The van der Waals surface area contributed by atoms with Crippen molar-refractivity contribution in [2.45, 2.75) is 44.6 Å². The van der Waals surface area contributed by atoms with Gasteiger partial charge in [-0.1, -0.05) is 19.1 Å². The number of halogens is 3. The van der Waals surface area contributed by atoms with E-state index in [0.29, 0.717) is 6.42 Å². The summed E-state index contributed by atoms with van der Waals surface area (Å²) in [6, 6.07) is 5.02. The molecule has 134 valence electrons. The topological polar surface area (TPSA) is 54.0 Å². The Morgan fingerprint density at radius 1 is 1.28 bits per heavy atom. The van der Waals surface area contributed by atoms with Gasteiger partial charge in [-0.15, -0.1) is 11.3 Å². The Balaban J connectivity index is 1.76. The van der Waals surface area contributed by atoms with Gasteiger partial charge in [0.25, 0.3) is 0 Å². The number of rotatable bonds is 3. The molecular formula is C17H18F3N3OS. The zero-order chi connectivity index (χ0) is 18.2. The summed E-state index contributed by atoms with van der Waals surface area (Å²) in [5, 5.41) is 8.77. The lowest BCUT2D eigenvalue weighted by molar-refractivity contribution is -0.137. The lowest BCUT2D eigenvalue weighted by Crippen LogP contribution is -2.50. The number of hydrogen-bond acceptors (Lipinski definition) is 4. The third kappa shape index (κ3) is 4.01. The minimum Gasteiger partial charge on any atom is -0.341 e. The summed E-state index contributed by atoms with van der Waals surface area (Å²) in [6.07, 6.45) is -4.13. The van der Waals surface area contributed by atoms with Gasteiger partial charge in [-0.25, -0.2) is 4.98 Å². The van der Waals surface area contributed by atoms with Crippen LogP contribution in [-0.2, 0) is 11.0 Å². The summed E-state index contributed by atoms with van der Waals surface area (Å²) >= 11 is 1.46. The Kier molecular flexibility index (Phi) is 4.83. The second kappa shape index (κ2) is 6.76. The van der Waals surface area contributed by atoms with Crippen molar-refractivity contribution in [1.29, 1.82) is 0 Å². The van der Waals surface area contributed by atoms with Gasteiger partial charge in [0.05, 0.1) is 23.5 Å². The summed E-state index contributed by atoms with van der Waals surface area (Å²) in [6.45, 7) is 3.77. The first-order chi connectivity index (χ1) is 11.7. The number of thiazole rings is 1. The Morgan fingerprint density at radius 2 is 1.96 bits per heavy atom. The van der Waals surface area contributed by atoms with E-state index in [1.54, 1.807) is 0 Å². The van der Waals surface area contributed by atoms with E-state index in [0.717, 1.165) is 28.4 Å². The van der Waals surface area contributed by atoms with E-state index in [-0.39, 0.29) is 24.0 Å². The highest BCUT2D eigenvalue weighted by molar-refractivity contribution is 7.09. The van der Waals surface area contributed by atoms with Crippen molar-refractivity contribution >= 4 is 17.2 Å². The second-order valence-electron chi connectivity index (χ2n) is 6.16. The van der Waals surface area contributed by atoms with Gasteiger partial charge in [-0.05, 0) is 24.6 Å². The number of nitrogens with zero attached hydrogens (tertiary/aromatic N) is 1. The van der Waals surface area contributed by atoms with Crippen molar-refractivity contribution in [2.75, 3.05) is 0 Å². The molecule has 0 bridgehead atoms. The summed E-state index contributed by atoms with van der Waals surface area (Å²) < 4.78 is 38.0. The Hall–Kier alpha value is -1.93. The average Bonchev–Trinajstić information content (AvgIpc) is 3.02. The first-order valence-corrected chi connectivity index (χ1v) is 8.80. The number of amides is 1. The third-order valence-electron chi connectivity index (χ3n) is 4.24. The fourth-order valence-electron chi connectivity index (χ4n) is 2.84. The molecule has 3 atom stereocenters. The summed E-state index contributed by atoms with van der Waals surface area (Å²) in [4.78, 5) is 16.3. The maximum Gasteiger partial charge on any atom is 0.416 e. The highest BCUT2D eigenvalue weighted by Crippen LogP contribution is 2.33. The van der Waals surface area contributed by atoms with Crippen LogP contribution in [0.25, 0.3) is 0 Å². The van der Waals surface area contributed by atoms with Gasteiger partial charge in [0.1, 0.15) is 5.01 Å². The first-order valence-electron chi connectivity index (χ1n) is 7.92. The number of carbonyl (C=O) groups is 1. The molecule has 2 N–H and O–H groups in total. The molecule has 1 aromatic heterocycles. The molecule has 25 heavy (non-hydrogen) atoms. The van der Waals surface area contributed by atoms with E-state index in [9.17, 15) is 18.0 Å². The SMILES string of the molecule is CC1NC(=O)CC(c2nc(C(C)c3ccc(C(F)(F)F)cc3)cs2)N1. The van der Waals surface area contributed by atoms with Crippen molar-refractivity contribution in [2.24, 2.45) is 0 Å². The minimum atomic E-state index is -4.33. The van der Waals surface area contributed by atoms with Crippen molar-refractivity contribution in [3.05, 3.63) is 51.5 Å². The molecule has 0 radical (unpaired) electrons. The minimum absolute atomic E-state index is 0.0243. The lowest BCUT2D eigenvalue weighted by atomic mass is 9.97. The van der Waals surface area contributed by atoms with Crippen LogP contribution >= 0.6 is 11.3 Å². The molecule has 4 nitrogen and oxygen atoms in total. The fraction of sp³-hybridized carbons (Fsp3) is 0.412. The molecule has 0 aliphatic carbocycles. The van der Waals surface area contributed by atoms with Crippen molar-refractivity contribution in [3.63, 3.8) is 0 Å². The maximum absolute atomic E-state index is 12.7. The van der Waals surface area contributed by atoms with Gasteiger partial charge < -0.3 is 5.32 Å². The van der Waals surface area contributed by atoms with Gasteiger partial charge in [0.2, 0.25) is 5.91 Å². The summed E-state index contributed by atoms with van der Waals surface area (Å²) in [5.41, 5.74) is 0.904. The third-order valence-corrected chi connectivity index (χ3v) is 5.21. The van der Waals surface area contributed by atoms with Crippen LogP contribution in [-0.4, -0.2) is 17.1 Å². The standard InChI is InChI=1S/C17H18F3N3OS/c1-9(11-3-5-12(6-4-11)17(18,19)20)14-8-25-16(23-14)13-7-15(24)22-10(2)21-13/h3-6,8-10,13,21H,7H2,1-2H3,(H,22,24). The zero-order valence-electron chi connectivity index (χ0n) is 13.7. The number of benzene rings is 1. The van der Waals surface area contributed by atoms with Crippen LogP contribution < -0.4 is 10.6 Å². The lowest BCUT2D eigenvalue weighted by Gasteiger charge is -2.27. The van der Waals surface area contributed by atoms with Crippen LogP contribution in [0.4, 0.5) is 13.2 Å². The Bertz CT molecular complexity index is 757. The Morgan fingerprint density at radius 3 is 2.56 bits per heavy atom. The van der Waals surface area contributed by atoms with Crippen LogP contribution in [0, 0.1) is 0 Å². The second-order valence-corrected chi connectivity index (χ2v) is 7.05. The molecule has 3 rings (SSSR count). The maximum atomic E-state index is 12.7. The number of carbonyl (C=O) groups excluding carboxylic acids is 1. The van der Waals surface area contributed by atoms with E-state index < -0.39 is 11.7 Å². The monoisotopic (exact) mass is 369 g/mol. The van der Waals surface area contributed by atoms with E-state index in [1.165, 1.54) is 23.5 Å². The van der Waals surface area contributed by atoms with E-state index in [2.05, 4.69) is 15.6 Å². The van der Waals surface area contributed by atoms with Crippen LogP contribution in [0.5, 0.6) is 0 Å². The van der Waals surface area contributed by atoms with Gasteiger partial charge >= 0.3 is 6.18 Å². The van der Waals surface area contributed by atoms with Crippen molar-refractivity contribution in [1.82, 2.24) is 15.6 Å². The van der Waals surface area contributed by atoms with Gasteiger partial charge in [0.15, 0.2) is 0 Å². The number of aromatic nitrogens is 1. The first kappa shape index (κ1) is 17.9. The molecule has 1 fully saturated rings. The number of nitrogens with one attached hydrogen (secondary N) is 2. The summed E-state index contributed by atoms with van der Waals surface area (Å²) in [7, 11) is 0. The quantitative estimate of drug-likeness (QED) is 0.865. The largest absolute Gasteiger partial charge is 0.416 e. The predicted octanol–water partition coefficient (Wildman–Crippen LogP) is 3.81. The highest BCUT2D eigenvalue weighted by atomic mass is 32.1. The molecule has 1 aliphatic rings. The van der Waals surface area contributed by atoms with Gasteiger partial charge in [-0.2, -0.15) is 13.2 Å². The molecule has 2 heterocycles. The summed E-state index contributed by atoms with van der Waals surface area (Å²) in [5.74, 6) is -0.147.